The highest BCUT2D eigenvalue weighted by atomic mass is 19.1. The van der Waals surface area contributed by atoms with Crippen LogP contribution in [0, 0.1) is 5.82 Å². The summed E-state index contributed by atoms with van der Waals surface area (Å²) in [7, 11) is 0. The molecule has 0 saturated heterocycles. The summed E-state index contributed by atoms with van der Waals surface area (Å²) in [4.78, 5) is 0. The summed E-state index contributed by atoms with van der Waals surface area (Å²) in [6, 6.07) is 14.3. The monoisotopic (exact) mass is 289 g/mol. The Morgan fingerprint density at radius 2 is 1.62 bits per heavy atom. The standard InChI is InChI=1S/C17H20FNO2/c18-16-4-1-2-5-17(16)21-13-3-12-20-15-8-6-14(7-9-15)10-11-19/h1-2,4-9H,3,10-13,19H2. The van der Waals surface area contributed by atoms with E-state index in [-0.39, 0.29) is 11.6 Å². The molecule has 0 saturated carbocycles. The Hall–Kier alpha value is -2.07. The lowest BCUT2D eigenvalue weighted by atomic mass is 10.1. The van der Waals surface area contributed by atoms with Crippen molar-refractivity contribution < 1.29 is 13.9 Å². The highest BCUT2D eigenvalue weighted by Gasteiger charge is 2.01. The van der Waals surface area contributed by atoms with E-state index >= 15 is 0 Å². The average Bonchev–Trinajstić information content (AvgIpc) is 2.51. The molecule has 0 aliphatic carbocycles. The number of halogens is 1. The molecule has 2 N–H and O–H groups in total. The molecule has 2 aromatic carbocycles. The lowest BCUT2D eigenvalue weighted by molar-refractivity contribution is 0.241. The minimum absolute atomic E-state index is 0.281. The van der Waals surface area contributed by atoms with Crippen molar-refractivity contribution in [2.24, 2.45) is 5.73 Å². The third-order valence-corrected chi connectivity index (χ3v) is 3.01. The fraction of sp³-hybridized carbons (Fsp3) is 0.294. The molecular weight excluding hydrogens is 269 g/mol. The van der Waals surface area contributed by atoms with Crippen LogP contribution in [-0.2, 0) is 6.42 Å². The zero-order chi connectivity index (χ0) is 14.9. The topological polar surface area (TPSA) is 44.5 Å². The Kier molecular flexibility index (Phi) is 6.03. The summed E-state index contributed by atoms with van der Waals surface area (Å²) in [5.74, 6) is 0.763. The molecule has 2 rings (SSSR count). The average molecular weight is 289 g/mol. The number of para-hydroxylation sites is 1. The fourth-order valence-electron chi connectivity index (χ4n) is 1.91. The first-order valence-electron chi connectivity index (χ1n) is 7.09. The van der Waals surface area contributed by atoms with Gasteiger partial charge in [-0.05, 0) is 42.8 Å². The molecule has 0 radical (unpaired) electrons. The maximum absolute atomic E-state index is 13.3. The second-order valence-corrected chi connectivity index (χ2v) is 4.66. The predicted molar refractivity (Wildman–Crippen MR) is 81.2 cm³/mol. The predicted octanol–water partition coefficient (Wildman–Crippen LogP) is 3.17. The lowest BCUT2D eigenvalue weighted by Gasteiger charge is -2.09. The molecule has 21 heavy (non-hydrogen) atoms. The van der Waals surface area contributed by atoms with E-state index in [2.05, 4.69) is 0 Å². The van der Waals surface area contributed by atoms with Gasteiger partial charge in [0.2, 0.25) is 0 Å². The molecule has 0 spiro atoms. The van der Waals surface area contributed by atoms with E-state index < -0.39 is 0 Å². The minimum atomic E-state index is -0.339. The molecule has 0 unspecified atom stereocenters. The zero-order valence-corrected chi connectivity index (χ0v) is 11.9. The Balaban J connectivity index is 1.66. The SMILES string of the molecule is NCCc1ccc(OCCCOc2ccccc2F)cc1. The maximum atomic E-state index is 13.3. The van der Waals surface area contributed by atoms with Crippen molar-refractivity contribution in [3.05, 3.63) is 59.9 Å². The molecule has 0 atom stereocenters. The van der Waals surface area contributed by atoms with Gasteiger partial charge in [-0.2, -0.15) is 0 Å². The van der Waals surface area contributed by atoms with E-state index in [4.69, 9.17) is 15.2 Å². The molecule has 2 aromatic rings. The van der Waals surface area contributed by atoms with Gasteiger partial charge in [0.1, 0.15) is 5.75 Å². The Morgan fingerprint density at radius 3 is 2.33 bits per heavy atom. The van der Waals surface area contributed by atoms with Crippen LogP contribution in [0.3, 0.4) is 0 Å². The van der Waals surface area contributed by atoms with Gasteiger partial charge in [-0.3, -0.25) is 0 Å². The summed E-state index contributed by atoms with van der Waals surface area (Å²) >= 11 is 0. The molecule has 0 fully saturated rings. The van der Waals surface area contributed by atoms with Crippen molar-refractivity contribution in [2.45, 2.75) is 12.8 Å². The molecule has 0 aliphatic heterocycles. The maximum Gasteiger partial charge on any atom is 0.165 e. The second-order valence-electron chi connectivity index (χ2n) is 4.66. The van der Waals surface area contributed by atoms with Gasteiger partial charge in [0.15, 0.2) is 11.6 Å². The molecule has 0 amide bonds. The summed E-state index contributed by atoms with van der Waals surface area (Å²) in [5, 5.41) is 0. The van der Waals surface area contributed by atoms with Crippen molar-refractivity contribution in [1.29, 1.82) is 0 Å². The molecule has 0 aromatic heterocycles. The molecule has 112 valence electrons. The number of nitrogens with two attached hydrogens (primary N) is 1. The third-order valence-electron chi connectivity index (χ3n) is 3.01. The molecule has 3 nitrogen and oxygen atoms in total. The highest BCUT2D eigenvalue weighted by molar-refractivity contribution is 5.27. The van der Waals surface area contributed by atoms with Gasteiger partial charge in [-0.25, -0.2) is 4.39 Å². The van der Waals surface area contributed by atoms with Crippen LogP contribution in [0.5, 0.6) is 11.5 Å². The molecule has 4 heteroatoms. The van der Waals surface area contributed by atoms with Crippen molar-refractivity contribution in [3.63, 3.8) is 0 Å². The molecular formula is C17H20FNO2. The van der Waals surface area contributed by atoms with Gasteiger partial charge in [0, 0.05) is 6.42 Å². The minimum Gasteiger partial charge on any atom is -0.493 e. The van der Waals surface area contributed by atoms with Crippen LogP contribution < -0.4 is 15.2 Å². The van der Waals surface area contributed by atoms with E-state index in [1.54, 1.807) is 18.2 Å². The summed E-state index contributed by atoms with van der Waals surface area (Å²) < 4.78 is 24.3. The highest BCUT2D eigenvalue weighted by Crippen LogP contribution is 2.16. The first kappa shape index (κ1) is 15.3. The smallest absolute Gasteiger partial charge is 0.165 e. The number of benzene rings is 2. The number of hydrogen-bond acceptors (Lipinski definition) is 3. The van der Waals surface area contributed by atoms with Crippen LogP contribution in [0.1, 0.15) is 12.0 Å². The van der Waals surface area contributed by atoms with E-state index in [1.165, 1.54) is 11.6 Å². The lowest BCUT2D eigenvalue weighted by Crippen LogP contribution is -2.06. The quantitative estimate of drug-likeness (QED) is 0.759. The summed E-state index contributed by atoms with van der Waals surface area (Å²) in [5.41, 5.74) is 6.70. The zero-order valence-electron chi connectivity index (χ0n) is 11.9. The third kappa shape index (κ3) is 5.08. The first-order chi connectivity index (χ1) is 10.3. The van der Waals surface area contributed by atoms with E-state index in [9.17, 15) is 4.39 Å². The Bertz CT molecular complexity index is 543. The van der Waals surface area contributed by atoms with Crippen LogP contribution in [-0.4, -0.2) is 19.8 Å². The molecule has 0 heterocycles. The van der Waals surface area contributed by atoms with Crippen molar-refractivity contribution in [2.75, 3.05) is 19.8 Å². The van der Waals surface area contributed by atoms with Crippen LogP contribution >= 0.6 is 0 Å². The van der Waals surface area contributed by atoms with Crippen LogP contribution in [0.4, 0.5) is 4.39 Å². The second kappa shape index (κ2) is 8.27. The first-order valence-corrected chi connectivity index (χ1v) is 7.09. The number of rotatable bonds is 8. The van der Waals surface area contributed by atoms with E-state index in [0.717, 1.165) is 12.2 Å². The van der Waals surface area contributed by atoms with E-state index in [0.29, 0.717) is 26.2 Å². The van der Waals surface area contributed by atoms with E-state index in [1.807, 2.05) is 24.3 Å². The van der Waals surface area contributed by atoms with Gasteiger partial charge in [-0.1, -0.05) is 24.3 Å². The largest absolute Gasteiger partial charge is 0.493 e. The van der Waals surface area contributed by atoms with Crippen LogP contribution in [0.15, 0.2) is 48.5 Å². The van der Waals surface area contributed by atoms with Crippen molar-refractivity contribution in [1.82, 2.24) is 0 Å². The molecule has 0 bridgehead atoms. The molecule has 0 aliphatic rings. The Morgan fingerprint density at radius 1 is 0.905 bits per heavy atom. The van der Waals surface area contributed by atoms with Crippen molar-refractivity contribution >= 4 is 0 Å². The van der Waals surface area contributed by atoms with Gasteiger partial charge >= 0.3 is 0 Å². The van der Waals surface area contributed by atoms with Gasteiger partial charge < -0.3 is 15.2 Å². The van der Waals surface area contributed by atoms with Gasteiger partial charge in [0.05, 0.1) is 13.2 Å². The van der Waals surface area contributed by atoms with Crippen LogP contribution in [0.25, 0.3) is 0 Å². The fourth-order valence-corrected chi connectivity index (χ4v) is 1.91. The van der Waals surface area contributed by atoms with Gasteiger partial charge in [0.25, 0.3) is 0 Å². The summed E-state index contributed by atoms with van der Waals surface area (Å²) in [6.45, 7) is 1.60. The van der Waals surface area contributed by atoms with Crippen molar-refractivity contribution in [3.8, 4) is 11.5 Å². The van der Waals surface area contributed by atoms with Gasteiger partial charge in [-0.15, -0.1) is 0 Å². The summed E-state index contributed by atoms with van der Waals surface area (Å²) in [6.07, 6.45) is 1.57. The number of hydrogen-bond donors (Lipinski definition) is 1. The normalized spacial score (nSPS) is 10.4. The number of ether oxygens (including phenoxy) is 2. The van der Waals surface area contributed by atoms with Crippen LogP contribution in [0.2, 0.25) is 0 Å². The Labute approximate surface area is 124 Å².